The molecule has 2 atom stereocenters. The minimum atomic E-state index is -0.994. The Labute approximate surface area is 196 Å². The van der Waals surface area contributed by atoms with Crippen LogP contribution in [-0.2, 0) is 16.6 Å². The van der Waals surface area contributed by atoms with Gasteiger partial charge in [-0.3, -0.25) is 19.2 Å². The number of carbonyl (C=O) groups excluding carboxylic acids is 4. The highest BCUT2D eigenvalue weighted by atomic mass is 19.1. The summed E-state index contributed by atoms with van der Waals surface area (Å²) in [5.74, 6) is -2.77. The molecule has 1 fully saturated rings. The first kappa shape index (κ1) is 25.1. The average Bonchev–Trinajstić information content (AvgIpc) is 2.99. The number of Topliss-reactive ketones (excluding diaryl/α,β-unsaturated/α-hetero) is 1. The van der Waals surface area contributed by atoms with Crippen molar-refractivity contribution in [3.63, 3.8) is 0 Å². The summed E-state index contributed by atoms with van der Waals surface area (Å²) in [7, 11) is 1.59. The molecule has 182 valence electrons. The second kappa shape index (κ2) is 9.76. The number of β-amino-alcohol motifs (C(OH)–C–C–N with tert-alkyl or cyclic N) is 1. The molecular weight excluding hydrogens is 443 g/mol. The molecule has 3 amide bonds. The zero-order chi connectivity index (χ0) is 25.3. The van der Waals surface area contributed by atoms with Gasteiger partial charge in [0.2, 0.25) is 5.91 Å². The van der Waals surface area contributed by atoms with Crippen LogP contribution in [0.15, 0.2) is 18.2 Å². The molecule has 9 nitrogen and oxygen atoms in total. The lowest BCUT2D eigenvalue weighted by Gasteiger charge is -2.35. The lowest BCUT2D eigenvalue weighted by atomic mass is 10.0. The summed E-state index contributed by atoms with van der Waals surface area (Å²) >= 11 is 0. The molecule has 1 aliphatic heterocycles. The third-order valence-electron chi connectivity index (χ3n) is 6.34. The second-order valence-corrected chi connectivity index (χ2v) is 8.64. The standard InChI is InChI=1S/C24H29FN4O5/c1-12-10-16(6-7-17(12)25)26-23(33)20-13(2)21(28(5)14(20)3)22(32)24(34)27-18-8-9-29(15(4)30)11-19(18)31/h6-7,10,18-19,31H,8-9,11H2,1-5H3,(H,26,33)(H,27,34)/t18-,19-/m1/s1. The van der Waals surface area contributed by atoms with E-state index in [1.54, 1.807) is 27.8 Å². The van der Waals surface area contributed by atoms with Crippen LogP contribution >= 0.6 is 0 Å². The Morgan fingerprint density at radius 1 is 1.15 bits per heavy atom. The number of nitrogens with one attached hydrogen (secondary N) is 2. The number of carbonyl (C=O) groups is 4. The number of aryl methyl sites for hydroxylation is 1. The van der Waals surface area contributed by atoms with Gasteiger partial charge in [-0.1, -0.05) is 0 Å². The smallest absolute Gasteiger partial charge is 0.294 e. The lowest BCUT2D eigenvalue weighted by molar-refractivity contribution is -0.132. The van der Waals surface area contributed by atoms with E-state index in [-0.39, 0.29) is 29.5 Å². The van der Waals surface area contributed by atoms with Crippen molar-refractivity contribution in [3.05, 3.63) is 52.1 Å². The molecule has 0 radical (unpaired) electrons. The molecule has 34 heavy (non-hydrogen) atoms. The van der Waals surface area contributed by atoms with E-state index in [0.29, 0.717) is 35.5 Å². The molecule has 0 saturated carbocycles. The maximum Gasteiger partial charge on any atom is 0.294 e. The van der Waals surface area contributed by atoms with Crippen LogP contribution in [0.5, 0.6) is 0 Å². The van der Waals surface area contributed by atoms with Crippen molar-refractivity contribution in [1.82, 2.24) is 14.8 Å². The van der Waals surface area contributed by atoms with Crippen molar-refractivity contribution in [1.29, 1.82) is 0 Å². The van der Waals surface area contributed by atoms with Crippen molar-refractivity contribution in [3.8, 4) is 0 Å². The first-order valence-electron chi connectivity index (χ1n) is 10.9. The fourth-order valence-electron chi connectivity index (χ4n) is 4.28. The van der Waals surface area contributed by atoms with Gasteiger partial charge >= 0.3 is 0 Å². The Balaban J connectivity index is 1.78. The predicted molar refractivity (Wildman–Crippen MR) is 123 cm³/mol. The van der Waals surface area contributed by atoms with Crippen LogP contribution in [0.2, 0.25) is 0 Å². The van der Waals surface area contributed by atoms with Gasteiger partial charge in [-0.05, 0) is 56.5 Å². The maximum atomic E-state index is 13.5. The predicted octanol–water partition coefficient (Wildman–Crippen LogP) is 1.62. The fourth-order valence-corrected chi connectivity index (χ4v) is 4.28. The molecule has 0 aliphatic carbocycles. The van der Waals surface area contributed by atoms with Gasteiger partial charge in [-0.15, -0.1) is 0 Å². The van der Waals surface area contributed by atoms with E-state index in [9.17, 15) is 28.7 Å². The molecule has 3 N–H and O–H groups in total. The van der Waals surface area contributed by atoms with Crippen LogP contribution in [0.4, 0.5) is 10.1 Å². The molecule has 10 heteroatoms. The van der Waals surface area contributed by atoms with E-state index in [4.69, 9.17) is 0 Å². The Hall–Kier alpha value is -3.53. The Morgan fingerprint density at radius 2 is 1.82 bits per heavy atom. The van der Waals surface area contributed by atoms with Gasteiger partial charge in [0, 0.05) is 38.4 Å². The van der Waals surface area contributed by atoms with Gasteiger partial charge in [-0.2, -0.15) is 0 Å². The number of amides is 3. The number of hydrogen-bond acceptors (Lipinski definition) is 5. The third-order valence-corrected chi connectivity index (χ3v) is 6.34. The summed E-state index contributed by atoms with van der Waals surface area (Å²) in [6.45, 7) is 6.66. The van der Waals surface area contributed by atoms with Crippen LogP contribution in [-0.4, -0.2) is 63.3 Å². The summed E-state index contributed by atoms with van der Waals surface area (Å²) in [6, 6.07) is 3.53. The first-order chi connectivity index (χ1) is 15.9. The molecular formula is C24H29FN4O5. The second-order valence-electron chi connectivity index (χ2n) is 8.64. The summed E-state index contributed by atoms with van der Waals surface area (Å²) in [6.07, 6.45) is -0.679. The highest BCUT2D eigenvalue weighted by Crippen LogP contribution is 2.24. The van der Waals surface area contributed by atoms with Gasteiger partial charge in [-0.25, -0.2) is 4.39 Å². The zero-order valence-corrected chi connectivity index (χ0v) is 19.9. The number of piperidine rings is 1. The molecule has 2 aromatic rings. The number of aliphatic hydroxyl groups excluding tert-OH is 1. The summed E-state index contributed by atoms with van der Waals surface area (Å²) in [5.41, 5.74) is 1.91. The number of ketones is 1. The molecule has 1 aromatic heterocycles. The Bertz CT molecular complexity index is 1170. The molecule has 1 aliphatic rings. The number of rotatable bonds is 5. The van der Waals surface area contributed by atoms with Crippen LogP contribution in [0.25, 0.3) is 0 Å². The highest BCUT2D eigenvalue weighted by Gasteiger charge is 2.34. The third kappa shape index (κ3) is 4.86. The van der Waals surface area contributed by atoms with Crippen molar-refractivity contribution >= 4 is 29.2 Å². The van der Waals surface area contributed by atoms with E-state index in [2.05, 4.69) is 10.6 Å². The van der Waals surface area contributed by atoms with Gasteiger partial charge in [0.1, 0.15) is 5.82 Å². The quantitative estimate of drug-likeness (QED) is 0.451. The first-order valence-corrected chi connectivity index (χ1v) is 10.9. The van der Waals surface area contributed by atoms with Gasteiger partial charge < -0.3 is 25.2 Å². The van der Waals surface area contributed by atoms with E-state index in [1.165, 1.54) is 34.6 Å². The minimum Gasteiger partial charge on any atom is -0.389 e. The molecule has 2 heterocycles. The fraction of sp³-hybridized carbons (Fsp3) is 0.417. The molecule has 1 saturated heterocycles. The SMILES string of the molecule is CC(=O)N1CC[C@@H](NC(=O)C(=O)c2c(C)c(C(=O)Nc3ccc(F)c(C)c3)c(C)n2C)[C@H](O)C1. The topological polar surface area (TPSA) is 121 Å². The number of benzene rings is 1. The van der Waals surface area contributed by atoms with Crippen molar-refractivity contribution < 1.29 is 28.7 Å². The number of aromatic nitrogens is 1. The molecule has 3 rings (SSSR count). The number of aliphatic hydroxyl groups is 1. The van der Waals surface area contributed by atoms with Crippen molar-refractivity contribution in [2.75, 3.05) is 18.4 Å². The summed E-state index contributed by atoms with van der Waals surface area (Å²) < 4.78 is 15.0. The Kier molecular flexibility index (Phi) is 7.21. The minimum absolute atomic E-state index is 0.0612. The number of halogens is 1. The van der Waals surface area contributed by atoms with Crippen molar-refractivity contribution in [2.45, 2.75) is 46.3 Å². The molecule has 0 spiro atoms. The van der Waals surface area contributed by atoms with Crippen LogP contribution in [0, 0.1) is 26.6 Å². The van der Waals surface area contributed by atoms with Crippen LogP contribution in [0.1, 0.15) is 51.0 Å². The van der Waals surface area contributed by atoms with Gasteiger partial charge in [0.15, 0.2) is 0 Å². The number of likely N-dealkylation sites (tertiary alicyclic amines) is 1. The molecule has 1 aromatic carbocycles. The lowest BCUT2D eigenvalue weighted by Crippen LogP contribution is -2.56. The van der Waals surface area contributed by atoms with Crippen molar-refractivity contribution in [2.24, 2.45) is 7.05 Å². The normalized spacial score (nSPS) is 17.9. The van der Waals surface area contributed by atoms with Crippen LogP contribution < -0.4 is 10.6 Å². The number of nitrogens with zero attached hydrogens (tertiary/aromatic N) is 2. The Morgan fingerprint density at radius 3 is 2.41 bits per heavy atom. The average molecular weight is 473 g/mol. The molecule has 0 unspecified atom stereocenters. The van der Waals surface area contributed by atoms with E-state index in [1.807, 2.05) is 0 Å². The highest BCUT2D eigenvalue weighted by molar-refractivity contribution is 6.43. The van der Waals surface area contributed by atoms with E-state index >= 15 is 0 Å². The van der Waals surface area contributed by atoms with Crippen LogP contribution in [0.3, 0.4) is 0 Å². The monoisotopic (exact) mass is 472 g/mol. The number of hydrogen-bond donors (Lipinski definition) is 3. The van der Waals surface area contributed by atoms with Gasteiger partial charge in [0.25, 0.3) is 17.6 Å². The van der Waals surface area contributed by atoms with E-state index in [0.717, 1.165) is 0 Å². The molecule has 0 bridgehead atoms. The zero-order valence-electron chi connectivity index (χ0n) is 19.9. The number of anilines is 1. The largest absolute Gasteiger partial charge is 0.389 e. The maximum absolute atomic E-state index is 13.5. The van der Waals surface area contributed by atoms with E-state index < -0.39 is 29.7 Å². The van der Waals surface area contributed by atoms with Gasteiger partial charge in [0.05, 0.1) is 23.4 Å². The summed E-state index contributed by atoms with van der Waals surface area (Å²) in [5, 5.41) is 15.6. The summed E-state index contributed by atoms with van der Waals surface area (Å²) in [4.78, 5) is 51.7.